The molecule has 1 aliphatic rings. The number of amides is 2. The van der Waals surface area contributed by atoms with Crippen molar-refractivity contribution in [3.8, 4) is 0 Å². The number of hydrogen-bond donors (Lipinski definition) is 1. The number of rotatable bonds is 7. The second-order valence-electron chi connectivity index (χ2n) is 8.08. The molecule has 1 atom stereocenters. The molecule has 0 aliphatic carbocycles. The van der Waals surface area contributed by atoms with E-state index in [1.807, 2.05) is 44.2 Å². The highest BCUT2D eigenvalue weighted by atomic mass is 16.2. The SMILES string of the molecule is Cc1ccc(NC(=O)CN(C)C(=O)C(C)N2CCN(Cc3ccccc3)CC2)cc1. The lowest BCUT2D eigenvalue weighted by molar-refractivity contribution is -0.138. The summed E-state index contributed by atoms with van der Waals surface area (Å²) < 4.78 is 0. The molecule has 2 aromatic rings. The first-order chi connectivity index (χ1) is 14.4. The van der Waals surface area contributed by atoms with E-state index in [2.05, 4.69) is 39.4 Å². The predicted molar refractivity (Wildman–Crippen MR) is 120 cm³/mol. The number of aryl methyl sites for hydroxylation is 1. The van der Waals surface area contributed by atoms with E-state index in [0.717, 1.165) is 44.0 Å². The van der Waals surface area contributed by atoms with Crippen molar-refractivity contribution in [3.05, 3.63) is 65.7 Å². The normalized spacial score (nSPS) is 16.1. The summed E-state index contributed by atoms with van der Waals surface area (Å²) in [5.74, 6) is -0.208. The summed E-state index contributed by atoms with van der Waals surface area (Å²) in [6, 6.07) is 17.9. The van der Waals surface area contributed by atoms with E-state index in [9.17, 15) is 9.59 Å². The number of anilines is 1. The van der Waals surface area contributed by atoms with Crippen molar-refractivity contribution < 1.29 is 9.59 Å². The van der Waals surface area contributed by atoms with Crippen molar-refractivity contribution in [1.29, 1.82) is 0 Å². The average molecular weight is 409 g/mol. The van der Waals surface area contributed by atoms with E-state index in [1.54, 1.807) is 7.05 Å². The van der Waals surface area contributed by atoms with Crippen molar-refractivity contribution in [2.24, 2.45) is 0 Å². The highest BCUT2D eigenvalue weighted by Gasteiger charge is 2.28. The molecule has 0 aromatic heterocycles. The number of nitrogens with one attached hydrogen (secondary N) is 1. The first kappa shape index (κ1) is 22.0. The van der Waals surface area contributed by atoms with Crippen LogP contribution in [0, 0.1) is 6.92 Å². The van der Waals surface area contributed by atoms with Crippen LogP contribution in [0.15, 0.2) is 54.6 Å². The number of likely N-dealkylation sites (N-methyl/N-ethyl adjacent to an activating group) is 1. The van der Waals surface area contributed by atoms with Crippen LogP contribution in [-0.2, 0) is 16.1 Å². The number of piperazine rings is 1. The summed E-state index contributed by atoms with van der Waals surface area (Å²) in [4.78, 5) is 31.3. The summed E-state index contributed by atoms with van der Waals surface area (Å²) in [6.07, 6.45) is 0. The number of carbonyl (C=O) groups is 2. The Morgan fingerprint density at radius 3 is 2.27 bits per heavy atom. The number of benzene rings is 2. The van der Waals surface area contributed by atoms with Gasteiger partial charge in [-0.1, -0.05) is 48.0 Å². The van der Waals surface area contributed by atoms with Crippen LogP contribution in [0.1, 0.15) is 18.1 Å². The summed E-state index contributed by atoms with van der Waals surface area (Å²) in [5.41, 5.74) is 3.20. The molecule has 0 bridgehead atoms. The van der Waals surface area contributed by atoms with Gasteiger partial charge in [-0.15, -0.1) is 0 Å². The van der Waals surface area contributed by atoms with Crippen LogP contribution in [0.2, 0.25) is 0 Å². The molecule has 160 valence electrons. The predicted octanol–water partition coefficient (Wildman–Crippen LogP) is 2.60. The van der Waals surface area contributed by atoms with Crippen LogP contribution in [0.5, 0.6) is 0 Å². The molecular formula is C24H32N4O2. The molecule has 2 aromatic carbocycles. The van der Waals surface area contributed by atoms with Gasteiger partial charge in [0.2, 0.25) is 11.8 Å². The lowest BCUT2D eigenvalue weighted by atomic mass is 10.1. The molecule has 1 N–H and O–H groups in total. The third kappa shape index (κ3) is 6.15. The lowest BCUT2D eigenvalue weighted by Crippen LogP contribution is -2.54. The first-order valence-electron chi connectivity index (χ1n) is 10.5. The number of hydrogen-bond acceptors (Lipinski definition) is 4. The lowest BCUT2D eigenvalue weighted by Gasteiger charge is -2.38. The zero-order valence-electron chi connectivity index (χ0n) is 18.2. The van der Waals surface area contributed by atoms with Gasteiger partial charge in [0, 0.05) is 45.5 Å². The van der Waals surface area contributed by atoms with Gasteiger partial charge in [-0.2, -0.15) is 0 Å². The standard InChI is InChI=1S/C24H32N4O2/c1-19-9-11-22(12-10-19)25-23(29)18-26(3)24(30)20(2)28-15-13-27(14-16-28)17-21-7-5-4-6-8-21/h4-12,20H,13-18H2,1-3H3,(H,25,29). The van der Waals surface area contributed by atoms with Crippen LogP contribution in [0.25, 0.3) is 0 Å². The smallest absolute Gasteiger partial charge is 0.243 e. The molecule has 0 saturated carbocycles. The van der Waals surface area contributed by atoms with Gasteiger partial charge in [-0.3, -0.25) is 19.4 Å². The third-order valence-corrected chi connectivity index (χ3v) is 5.65. The summed E-state index contributed by atoms with van der Waals surface area (Å²) in [7, 11) is 1.69. The second kappa shape index (κ2) is 10.4. The largest absolute Gasteiger partial charge is 0.335 e. The maximum absolute atomic E-state index is 12.8. The minimum Gasteiger partial charge on any atom is -0.335 e. The van der Waals surface area contributed by atoms with E-state index in [-0.39, 0.29) is 24.4 Å². The van der Waals surface area contributed by atoms with Crippen LogP contribution < -0.4 is 5.32 Å². The summed E-state index contributed by atoms with van der Waals surface area (Å²) in [6.45, 7) is 8.49. The molecule has 2 amide bonds. The Morgan fingerprint density at radius 2 is 1.63 bits per heavy atom. The van der Waals surface area contributed by atoms with Crippen LogP contribution in [0.4, 0.5) is 5.69 Å². The molecule has 6 nitrogen and oxygen atoms in total. The minimum atomic E-state index is -0.235. The van der Waals surface area contributed by atoms with Crippen molar-refractivity contribution in [1.82, 2.24) is 14.7 Å². The third-order valence-electron chi connectivity index (χ3n) is 5.65. The van der Waals surface area contributed by atoms with Crippen molar-refractivity contribution >= 4 is 17.5 Å². The van der Waals surface area contributed by atoms with Gasteiger partial charge in [-0.05, 0) is 31.5 Å². The Labute approximate surface area is 179 Å². The maximum Gasteiger partial charge on any atom is 0.243 e. The molecule has 1 saturated heterocycles. The highest BCUT2D eigenvalue weighted by Crippen LogP contribution is 2.12. The van der Waals surface area contributed by atoms with Gasteiger partial charge < -0.3 is 10.2 Å². The Balaban J connectivity index is 1.44. The number of nitrogens with zero attached hydrogens (tertiary/aromatic N) is 3. The van der Waals surface area contributed by atoms with Crippen LogP contribution in [-0.4, -0.2) is 72.3 Å². The van der Waals surface area contributed by atoms with Gasteiger partial charge in [-0.25, -0.2) is 0 Å². The number of carbonyl (C=O) groups excluding carboxylic acids is 2. The van der Waals surface area contributed by atoms with Crippen LogP contribution >= 0.6 is 0 Å². The van der Waals surface area contributed by atoms with E-state index in [0.29, 0.717) is 0 Å². The molecular weight excluding hydrogens is 376 g/mol. The fourth-order valence-electron chi connectivity index (χ4n) is 3.76. The second-order valence-corrected chi connectivity index (χ2v) is 8.08. The molecule has 1 aliphatic heterocycles. The zero-order chi connectivity index (χ0) is 21.5. The molecule has 1 heterocycles. The van der Waals surface area contributed by atoms with Crippen molar-refractivity contribution in [2.45, 2.75) is 26.4 Å². The Kier molecular flexibility index (Phi) is 7.60. The van der Waals surface area contributed by atoms with E-state index in [4.69, 9.17) is 0 Å². The van der Waals surface area contributed by atoms with Gasteiger partial charge in [0.05, 0.1) is 12.6 Å². The minimum absolute atomic E-state index is 0.0226. The molecule has 3 rings (SSSR count). The fourth-order valence-corrected chi connectivity index (χ4v) is 3.76. The van der Waals surface area contributed by atoms with E-state index in [1.165, 1.54) is 10.5 Å². The van der Waals surface area contributed by atoms with Gasteiger partial charge >= 0.3 is 0 Å². The quantitative estimate of drug-likeness (QED) is 0.765. The summed E-state index contributed by atoms with van der Waals surface area (Å²) >= 11 is 0. The monoisotopic (exact) mass is 408 g/mol. The topological polar surface area (TPSA) is 55.9 Å². The molecule has 1 unspecified atom stereocenters. The van der Waals surface area contributed by atoms with Gasteiger partial charge in [0.15, 0.2) is 0 Å². The van der Waals surface area contributed by atoms with E-state index >= 15 is 0 Å². The summed E-state index contributed by atoms with van der Waals surface area (Å²) in [5, 5.41) is 2.85. The molecule has 30 heavy (non-hydrogen) atoms. The maximum atomic E-state index is 12.8. The highest BCUT2D eigenvalue weighted by molar-refractivity contribution is 5.95. The van der Waals surface area contributed by atoms with Gasteiger partial charge in [0.25, 0.3) is 0 Å². The molecule has 6 heteroatoms. The Morgan fingerprint density at radius 1 is 1.00 bits per heavy atom. The molecule has 1 fully saturated rings. The average Bonchev–Trinajstić information content (AvgIpc) is 2.75. The van der Waals surface area contributed by atoms with Crippen LogP contribution in [0.3, 0.4) is 0 Å². The Bertz CT molecular complexity index is 830. The molecule has 0 radical (unpaired) electrons. The first-order valence-corrected chi connectivity index (χ1v) is 10.5. The van der Waals surface area contributed by atoms with Gasteiger partial charge in [0.1, 0.15) is 0 Å². The molecule has 0 spiro atoms. The zero-order valence-corrected chi connectivity index (χ0v) is 18.2. The van der Waals surface area contributed by atoms with Crippen molar-refractivity contribution in [3.63, 3.8) is 0 Å². The fraction of sp³-hybridized carbons (Fsp3) is 0.417. The Hall–Kier alpha value is -2.70. The van der Waals surface area contributed by atoms with E-state index < -0.39 is 0 Å². The van der Waals surface area contributed by atoms with Crippen molar-refractivity contribution in [2.75, 3.05) is 45.1 Å².